The number of hydrogen-bond donors (Lipinski definition) is 0. The summed E-state index contributed by atoms with van der Waals surface area (Å²) in [4.78, 5) is 2.34. The molecule has 0 bridgehead atoms. The number of para-hydroxylation sites is 1. The molecule has 0 radical (unpaired) electrons. The number of aromatic nitrogens is 1. The zero-order valence-electron chi connectivity index (χ0n) is 29.4. The van der Waals surface area contributed by atoms with Crippen molar-refractivity contribution >= 4 is 38.9 Å². The van der Waals surface area contributed by atoms with Crippen molar-refractivity contribution in [3.05, 3.63) is 205 Å². The van der Waals surface area contributed by atoms with E-state index < -0.39 is 0 Å². The van der Waals surface area contributed by atoms with E-state index in [1.165, 1.54) is 72.0 Å². The second-order valence-corrected chi connectivity index (χ2v) is 13.6. The lowest BCUT2D eigenvalue weighted by atomic mass is 10.0. The topological polar surface area (TPSA) is 8.17 Å². The van der Waals surface area contributed by atoms with Crippen LogP contribution in [0.3, 0.4) is 0 Å². The summed E-state index contributed by atoms with van der Waals surface area (Å²) in [5.41, 5.74) is 16.7. The zero-order chi connectivity index (χ0) is 35.0. The molecule has 0 aliphatic carbocycles. The van der Waals surface area contributed by atoms with E-state index in [2.05, 4.69) is 217 Å². The van der Waals surface area contributed by atoms with Crippen molar-refractivity contribution in [3.63, 3.8) is 0 Å². The maximum atomic E-state index is 2.45. The predicted molar refractivity (Wildman–Crippen MR) is 221 cm³/mol. The summed E-state index contributed by atoms with van der Waals surface area (Å²) in [5.74, 6) is 0. The van der Waals surface area contributed by atoms with Gasteiger partial charge in [0.05, 0.1) is 16.7 Å². The molecule has 8 aromatic carbocycles. The number of aryl methyl sites for hydroxylation is 2. The van der Waals surface area contributed by atoms with E-state index >= 15 is 0 Å². The Morgan fingerprint density at radius 3 is 1.19 bits per heavy atom. The first-order chi connectivity index (χ1) is 25.6. The second kappa shape index (κ2) is 13.2. The van der Waals surface area contributed by atoms with Gasteiger partial charge in [-0.2, -0.15) is 0 Å². The fourth-order valence-corrected chi connectivity index (χ4v) is 7.52. The minimum absolute atomic E-state index is 1.10. The molecule has 0 aliphatic rings. The highest BCUT2D eigenvalue weighted by Crippen LogP contribution is 2.40. The summed E-state index contributed by atoms with van der Waals surface area (Å²) in [6, 6.07) is 70.3. The molecular weight excluding hydrogens is 629 g/mol. The highest BCUT2D eigenvalue weighted by atomic mass is 15.1. The van der Waals surface area contributed by atoms with Gasteiger partial charge in [-0.25, -0.2) is 0 Å². The van der Waals surface area contributed by atoms with Gasteiger partial charge in [0.1, 0.15) is 0 Å². The Morgan fingerprint density at radius 2 is 0.731 bits per heavy atom. The van der Waals surface area contributed by atoms with Crippen LogP contribution in [-0.4, -0.2) is 4.57 Å². The first-order valence-electron chi connectivity index (χ1n) is 17.9. The van der Waals surface area contributed by atoms with E-state index in [-0.39, 0.29) is 0 Å². The Hall–Kier alpha value is -6.64. The van der Waals surface area contributed by atoms with Crippen LogP contribution in [0.4, 0.5) is 17.1 Å². The molecule has 2 nitrogen and oxygen atoms in total. The molecule has 248 valence electrons. The molecule has 9 rings (SSSR count). The van der Waals surface area contributed by atoms with Crippen molar-refractivity contribution in [3.8, 4) is 39.1 Å². The summed E-state index contributed by atoms with van der Waals surface area (Å²) in [6.45, 7) is 4.35. The molecule has 0 atom stereocenters. The smallest absolute Gasteiger partial charge is 0.0543 e. The summed E-state index contributed by atoms with van der Waals surface area (Å²) < 4.78 is 2.45. The van der Waals surface area contributed by atoms with Gasteiger partial charge in [0.25, 0.3) is 0 Å². The third-order valence-corrected chi connectivity index (χ3v) is 10.1. The molecule has 0 amide bonds. The number of anilines is 3. The van der Waals surface area contributed by atoms with Gasteiger partial charge in [0, 0.05) is 33.4 Å². The Kier molecular flexibility index (Phi) is 7.98. The van der Waals surface area contributed by atoms with E-state index in [4.69, 9.17) is 0 Å². The van der Waals surface area contributed by atoms with Gasteiger partial charge in [-0.1, -0.05) is 140 Å². The number of benzene rings is 8. The normalized spacial score (nSPS) is 11.3. The molecule has 0 saturated carbocycles. The molecule has 0 unspecified atom stereocenters. The predicted octanol–water partition coefficient (Wildman–Crippen LogP) is 13.9. The molecular formula is C50H38N2. The van der Waals surface area contributed by atoms with Gasteiger partial charge in [0.2, 0.25) is 0 Å². The first kappa shape index (κ1) is 31.3. The largest absolute Gasteiger partial charge is 0.311 e. The van der Waals surface area contributed by atoms with Crippen molar-refractivity contribution in [2.24, 2.45) is 0 Å². The van der Waals surface area contributed by atoms with E-state index in [1.54, 1.807) is 0 Å². The number of fused-ring (bicyclic) bond motifs is 3. The van der Waals surface area contributed by atoms with Crippen LogP contribution in [0, 0.1) is 13.8 Å². The monoisotopic (exact) mass is 666 g/mol. The maximum absolute atomic E-state index is 2.45. The number of rotatable bonds is 7. The van der Waals surface area contributed by atoms with E-state index in [0.29, 0.717) is 0 Å². The summed E-state index contributed by atoms with van der Waals surface area (Å²) >= 11 is 0. The lowest BCUT2D eigenvalue weighted by molar-refractivity contribution is 1.18. The molecule has 1 heterocycles. The lowest BCUT2D eigenvalue weighted by Gasteiger charge is -2.26. The molecule has 2 heteroatoms. The number of hydrogen-bond acceptors (Lipinski definition) is 1. The van der Waals surface area contributed by atoms with Crippen molar-refractivity contribution in [2.75, 3.05) is 4.90 Å². The Morgan fingerprint density at radius 1 is 0.346 bits per heavy atom. The van der Waals surface area contributed by atoms with Crippen LogP contribution in [0.1, 0.15) is 11.1 Å². The van der Waals surface area contributed by atoms with E-state index in [9.17, 15) is 0 Å². The Bertz CT molecular complexity index is 2510. The van der Waals surface area contributed by atoms with Crippen molar-refractivity contribution in [1.29, 1.82) is 0 Å². The van der Waals surface area contributed by atoms with E-state index in [1.807, 2.05) is 0 Å². The van der Waals surface area contributed by atoms with Crippen LogP contribution in [0.25, 0.3) is 60.9 Å². The molecule has 0 fully saturated rings. The Balaban J connectivity index is 1.14. The van der Waals surface area contributed by atoms with Crippen LogP contribution < -0.4 is 4.90 Å². The van der Waals surface area contributed by atoms with Gasteiger partial charge in [-0.15, -0.1) is 0 Å². The Labute approximate surface area is 305 Å². The number of nitrogens with zero attached hydrogens (tertiary/aromatic N) is 2. The molecule has 0 saturated heterocycles. The molecule has 0 aliphatic heterocycles. The third kappa shape index (κ3) is 5.75. The minimum atomic E-state index is 1.10. The average Bonchev–Trinajstić information content (AvgIpc) is 3.51. The highest BCUT2D eigenvalue weighted by Gasteiger charge is 2.18. The lowest BCUT2D eigenvalue weighted by Crippen LogP contribution is -2.09. The SMILES string of the molecule is Cc1ccc2c3ccc(C)cc3n(-c3ccccc3-c3ccc(N(c4ccc(-c5ccccc5)cc4)c4ccc(-c5ccccc5)cc4)cc3)c2c1. The van der Waals surface area contributed by atoms with Crippen LogP contribution >= 0.6 is 0 Å². The van der Waals surface area contributed by atoms with Gasteiger partial charge in [-0.3, -0.25) is 0 Å². The van der Waals surface area contributed by atoms with Crippen LogP contribution in [0.2, 0.25) is 0 Å². The van der Waals surface area contributed by atoms with Crippen molar-refractivity contribution < 1.29 is 0 Å². The second-order valence-electron chi connectivity index (χ2n) is 13.6. The molecule has 0 N–H and O–H groups in total. The highest BCUT2D eigenvalue weighted by molar-refractivity contribution is 6.10. The fraction of sp³-hybridized carbons (Fsp3) is 0.0400. The van der Waals surface area contributed by atoms with Gasteiger partial charge >= 0.3 is 0 Å². The quantitative estimate of drug-likeness (QED) is 0.164. The molecule has 52 heavy (non-hydrogen) atoms. The van der Waals surface area contributed by atoms with Crippen LogP contribution in [-0.2, 0) is 0 Å². The van der Waals surface area contributed by atoms with Crippen LogP contribution in [0.15, 0.2) is 194 Å². The van der Waals surface area contributed by atoms with Crippen LogP contribution in [0.5, 0.6) is 0 Å². The summed E-state index contributed by atoms with van der Waals surface area (Å²) in [6.07, 6.45) is 0. The third-order valence-electron chi connectivity index (χ3n) is 10.1. The van der Waals surface area contributed by atoms with Crippen molar-refractivity contribution in [1.82, 2.24) is 4.57 Å². The standard InChI is InChI=1S/C50H38N2/c1-35-17-31-46-47-32-18-36(2)34-50(47)52(49(46)33-35)48-16-10-9-15-45(48)41-23-29-44(30-24-41)51(42-25-19-39(20-26-42)37-11-5-3-6-12-37)43-27-21-40(22-28-43)38-13-7-4-8-14-38/h3-34H,1-2H3. The maximum Gasteiger partial charge on any atom is 0.0543 e. The van der Waals surface area contributed by atoms with Gasteiger partial charge < -0.3 is 9.47 Å². The van der Waals surface area contributed by atoms with E-state index in [0.717, 1.165) is 17.1 Å². The van der Waals surface area contributed by atoms with Gasteiger partial charge in [-0.05, 0) is 107 Å². The summed E-state index contributed by atoms with van der Waals surface area (Å²) in [5, 5.41) is 2.55. The first-order valence-corrected chi connectivity index (χ1v) is 17.9. The van der Waals surface area contributed by atoms with Gasteiger partial charge in [0.15, 0.2) is 0 Å². The summed E-state index contributed by atoms with van der Waals surface area (Å²) in [7, 11) is 0. The fourth-order valence-electron chi connectivity index (χ4n) is 7.52. The molecule has 0 spiro atoms. The molecule has 9 aromatic rings. The average molecular weight is 667 g/mol. The minimum Gasteiger partial charge on any atom is -0.311 e. The zero-order valence-corrected chi connectivity index (χ0v) is 29.4. The van der Waals surface area contributed by atoms with Crippen molar-refractivity contribution in [2.45, 2.75) is 13.8 Å². The molecule has 1 aromatic heterocycles.